The minimum absolute atomic E-state index is 0.432. The van der Waals surface area contributed by atoms with E-state index in [1.165, 1.54) is 37.4 Å². The van der Waals surface area contributed by atoms with Gasteiger partial charge in [0.15, 0.2) is 0 Å². The number of halogens is 1. The minimum Gasteiger partial charge on any atom is -0.310 e. The van der Waals surface area contributed by atoms with Gasteiger partial charge in [0.05, 0.1) is 0 Å². The third-order valence-electron chi connectivity index (χ3n) is 4.14. The summed E-state index contributed by atoms with van der Waals surface area (Å²) in [6, 6.07) is 8.71. The van der Waals surface area contributed by atoms with Crippen LogP contribution in [0.5, 0.6) is 0 Å². The molecular weight excluding hydrogens is 300 g/mol. The lowest BCUT2D eigenvalue weighted by Crippen LogP contribution is -2.39. The Morgan fingerprint density at radius 3 is 2.76 bits per heavy atom. The van der Waals surface area contributed by atoms with E-state index in [1.807, 2.05) is 12.1 Å². The molecule has 0 spiro atoms. The van der Waals surface area contributed by atoms with Crippen LogP contribution < -0.4 is 5.32 Å². The minimum atomic E-state index is 0.432. The zero-order valence-electron chi connectivity index (χ0n) is 13.1. The topological polar surface area (TPSA) is 15.3 Å². The molecule has 0 saturated carbocycles. The molecule has 0 amide bonds. The van der Waals surface area contributed by atoms with Crippen LogP contribution in [-0.4, -0.2) is 42.1 Å². The number of nitrogens with one attached hydrogen (secondary N) is 1. The maximum Gasteiger partial charge on any atom is 0.0406 e. The lowest BCUT2D eigenvalue weighted by molar-refractivity contribution is 0.263. The SMILES string of the molecule is CCNC(CCN1CCSC(CC)C1)c1ccc(Cl)cc1. The van der Waals surface area contributed by atoms with Crippen LogP contribution in [0.15, 0.2) is 24.3 Å². The van der Waals surface area contributed by atoms with Gasteiger partial charge in [-0.05, 0) is 37.1 Å². The largest absolute Gasteiger partial charge is 0.310 e. The highest BCUT2D eigenvalue weighted by molar-refractivity contribution is 8.00. The number of hydrogen-bond acceptors (Lipinski definition) is 3. The predicted molar refractivity (Wildman–Crippen MR) is 95.5 cm³/mol. The van der Waals surface area contributed by atoms with Crippen LogP contribution in [0.1, 0.15) is 38.3 Å². The summed E-state index contributed by atoms with van der Waals surface area (Å²) < 4.78 is 0. The molecule has 0 bridgehead atoms. The highest BCUT2D eigenvalue weighted by Gasteiger charge is 2.20. The Bertz CT molecular complexity index is 410. The maximum absolute atomic E-state index is 5.99. The van der Waals surface area contributed by atoms with Gasteiger partial charge >= 0.3 is 0 Å². The van der Waals surface area contributed by atoms with Crippen molar-refractivity contribution in [3.63, 3.8) is 0 Å². The molecule has 1 aromatic rings. The van der Waals surface area contributed by atoms with Crippen molar-refractivity contribution in [1.29, 1.82) is 0 Å². The van der Waals surface area contributed by atoms with Crippen LogP contribution in [-0.2, 0) is 0 Å². The van der Waals surface area contributed by atoms with Crippen molar-refractivity contribution in [1.82, 2.24) is 10.2 Å². The molecule has 1 saturated heterocycles. The normalized spacial score (nSPS) is 21.4. The molecule has 2 atom stereocenters. The monoisotopic (exact) mass is 326 g/mol. The molecule has 21 heavy (non-hydrogen) atoms. The Labute approximate surface area is 138 Å². The summed E-state index contributed by atoms with van der Waals surface area (Å²) in [6.45, 7) is 9.14. The standard InChI is InChI=1S/C17H27ClN2S/c1-3-16-13-20(11-12-21-16)10-9-17(19-4-2)14-5-7-15(18)8-6-14/h5-8,16-17,19H,3-4,9-13H2,1-2H3. The zero-order valence-corrected chi connectivity index (χ0v) is 14.7. The fourth-order valence-corrected chi connectivity index (χ4v) is 4.25. The molecule has 1 aliphatic rings. The Morgan fingerprint density at radius 1 is 1.33 bits per heavy atom. The second-order valence-electron chi connectivity index (χ2n) is 5.65. The number of benzene rings is 1. The highest BCUT2D eigenvalue weighted by atomic mass is 35.5. The Hall–Kier alpha value is -0.220. The first-order valence-corrected chi connectivity index (χ1v) is 9.48. The molecule has 1 fully saturated rings. The molecule has 1 aromatic carbocycles. The third kappa shape index (κ3) is 5.48. The van der Waals surface area contributed by atoms with Gasteiger partial charge in [-0.2, -0.15) is 11.8 Å². The number of thioether (sulfide) groups is 1. The quantitative estimate of drug-likeness (QED) is 0.808. The molecule has 4 heteroatoms. The van der Waals surface area contributed by atoms with Crippen molar-refractivity contribution in [2.75, 3.05) is 31.9 Å². The van der Waals surface area contributed by atoms with Gasteiger partial charge < -0.3 is 10.2 Å². The Balaban J connectivity index is 1.89. The van der Waals surface area contributed by atoms with Crippen molar-refractivity contribution >= 4 is 23.4 Å². The second kappa shape index (κ2) is 9.04. The van der Waals surface area contributed by atoms with Crippen LogP contribution in [0.2, 0.25) is 5.02 Å². The first-order valence-electron chi connectivity index (χ1n) is 8.05. The van der Waals surface area contributed by atoms with E-state index in [1.54, 1.807) is 0 Å². The molecule has 118 valence electrons. The number of rotatable bonds is 7. The van der Waals surface area contributed by atoms with Crippen molar-refractivity contribution < 1.29 is 0 Å². The molecule has 1 heterocycles. The van der Waals surface area contributed by atoms with Crippen LogP contribution in [0.3, 0.4) is 0 Å². The molecule has 2 nitrogen and oxygen atoms in total. The van der Waals surface area contributed by atoms with E-state index in [-0.39, 0.29) is 0 Å². The van der Waals surface area contributed by atoms with Crippen LogP contribution >= 0.6 is 23.4 Å². The molecule has 0 aliphatic carbocycles. The van der Waals surface area contributed by atoms with Gasteiger partial charge in [0, 0.05) is 41.7 Å². The van der Waals surface area contributed by atoms with Crippen molar-refractivity contribution in [2.45, 2.75) is 38.0 Å². The zero-order chi connectivity index (χ0) is 15.1. The van der Waals surface area contributed by atoms with E-state index >= 15 is 0 Å². The van der Waals surface area contributed by atoms with E-state index in [0.717, 1.165) is 23.2 Å². The highest BCUT2D eigenvalue weighted by Crippen LogP contribution is 2.23. The van der Waals surface area contributed by atoms with E-state index in [2.05, 4.69) is 48.0 Å². The molecule has 0 aromatic heterocycles. The maximum atomic E-state index is 5.99. The fourth-order valence-electron chi connectivity index (χ4n) is 2.87. The van der Waals surface area contributed by atoms with Gasteiger partial charge in [-0.1, -0.05) is 37.6 Å². The predicted octanol–water partition coefficient (Wildman–Crippen LogP) is 4.21. The lowest BCUT2D eigenvalue weighted by Gasteiger charge is -2.33. The van der Waals surface area contributed by atoms with Crippen LogP contribution in [0, 0.1) is 0 Å². The van der Waals surface area contributed by atoms with E-state index < -0.39 is 0 Å². The summed E-state index contributed by atoms with van der Waals surface area (Å²) >= 11 is 8.13. The van der Waals surface area contributed by atoms with Crippen molar-refractivity contribution in [3.8, 4) is 0 Å². The molecular formula is C17H27ClN2S. The van der Waals surface area contributed by atoms with Gasteiger partial charge in [-0.25, -0.2) is 0 Å². The summed E-state index contributed by atoms with van der Waals surface area (Å²) in [7, 11) is 0. The van der Waals surface area contributed by atoms with E-state index in [0.29, 0.717) is 6.04 Å². The first kappa shape index (κ1) is 17.1. The molecule has 2 unspecified atom stereocenters. The van der Waals surface area contributed by atoms with Crippen LogP contribution in [0.25, 0.3) is 0 Å². The van der Waals surface area contributed by atoms with E-state index in [4.69, 9.17) is 11.6 Å². The van der Waals surface area contributed by atoms with Crippen molar-refractivity contribution in [2.24, 2.45) is 0 Å². The third-order valence-corrected chi connectivity index (χ3v) is 5.76. The number of hydrogen-bond donors (Lipinski definition) is 1. The molecule has 1 N–H and O–H groups in total. The lowest BCUT2D eigenvalue weighted by atomic mass is 10.0. The molecule has 0 radical (unpaired) electrons. The van der Waals surface area contributed by atoms with E-state index in [9.17, 15) is 0 Å². The summed E-state index contributed by atoms with van der Waals surface area (Å²) in [5, 5.41) is 5.25. The van der Waals surface area contributed by atoms with Crippen LogP contribution in [0.4, 0.5) is 0 Å². The van der Waals surface area contributed by atoms with Crippen molar-refractivity contribution in [3.05, 3.63) is 34.9 Å². The van der Waals surface area contributed by atoms with Gasteiger partial charge in [0.1, 0.15) is 0 Å². The smallest absolute Gasteiger partial charge is 0.0406 e. The first-order chi connectivity index (χ1) is 10.2. The molecule has 2 rings (SSSR count). The number of nitrogens with zero attached hydrogens (tertiary/aromatic N) is 1. The van der Waals surface area contributed by atoms with Gasteiger partial charge in [-0.15, -0.1) is 0 Å². The van der Waals surface area contributed by atoms with Gasteiger partial charge in [-0.3, -0.25) is 0 Å². The summed E-state index contributed by atoms with van der Waals surface area (Å²) in [5.41, 5.74) is 1.35. The average Bonchev–Trinajstić information content (AvgIpc) is 2.52. The summed E-state index contributed by atoms with van der Waals surface area (Å²) in [5.74, 6) is 1.28. The second-order valence-corrected chi connectivity index (χ2v) is 7.50. The fraction of sp³-hybridized carbons (Fsp3) is 0.647. The molecule has 1 aliphatic heterocycles. The Morgan fingerprint density at radius 2 is 2.10 bits per heavy atom. The summed E-state index contributed by atoms with van der Waals surface area (Å²) in [4.78, 5) is 2.63. The van der Waals surface area contributed by atoms with Gasteiger partial charge in [0.2, 0.25) is 0 Å². The average molecular weight is 327 g/mol. The Kier molecular flexibility index (Phi) is 7.38. The summed E-state index contributed by atoms with van der Waals surface area (Å²) in [6.07, 6.45) is 2.45. The van der Waals surface area contributed by atoms with Gasteiger partial charge in [0.25, 0.3) is 0 Å².